The fraction of sp³-hybridized carbons (Fsp3) is 0.190. The SMILES string of the molecule is CN(C)CCOC1=C=CC(c2c(-c3ccc(F)cc3)nc3sccn23)=CC=N1. The molecule has 4 rings (SSSR count). The number of nitrogens with zero attached hydrogens (tertiary/aromatic N) is 4. The lowest BCUT2D eigenvalue weighted by molar-refractivity contribution is 0.183. The van der Waals surface area contributed by atoms with Gasteiger partial charge in [-0.1, -0.05) is 5.73 Å². The Hall–Kier alpha value is -2.99. The number of halogens is 1. The van der Waals surface area contributed by atoms with E-state index in [1.54, 1.807) is 29.7 Å². The topological polar surface area (TPSA) is 42.1 Å². The summed E-state index contributed by atoms with van der Waals surface area (Å²) in [7, 11) is 3.98. The van der Waals surface area contributed by atoms with Gasteiger partial charge in [0.15, 0.2) is 4.96 Å². The maximum atomic E-state index is 13.4. The van der Waals surface area contributed by atoms with Gasteiger partial charge in [0.2, 0.25) is 0 Å². The molecule has 5 nitrogen and oxygen atoms in total. The lowest BCUT2D eigenvalue weighted by Gasteiger charge is -2.09. The van der Waals surface area contributed by atoms with E-state index >= 15 is 0 Å². The Kier molecular flexibility index (Phi) is 5.21. The molecule has 3 heterocycles. The second kappa shape index (κ2) is 7.94. The van der Waals surface area contributed by atoms with Crippen LogP contribution in [0.3, 0.4) is 0 Å². The lowest BCUT2D eigenvalue weighted by Crippen LogP contribution is -2.17. The van der Waals surface area contributed by atoms with Crippen molar-refractivity contribution in [1.82, 2.24) is 14.3 Å². The zero-order chi connectivity index (χ0) is 19.5. The number of benzene rings is 1. The molecule has 1 aliphatic rings. The standard InChI is InChI=1S/C21H19FN4OS/c1-25(2)11-13-27-18-8-5-16(9-10-23-18)20-19(15-3-6-17(22)7-4-15)24-21-26(20)12-14-28-21/h3-7,9-10,12,14H,11,13H2,1-2H3. The smallest absolute Gasteiger partial charge is 0.260 e. The normalized spacial score (nSPS) is 13.7. The van der Waals surface area contributed by atoms with E-state index in [1.807, 2.05) is 47.1 Å². The van der Waals surface area contributed by atoms with Crippen LogP contribution < -0.4 is 0 Å². The molecule has 1 aromatic carbocycles. The van der Waals surface area contributed by atoms with E-state index in [2.05, 4.69) is 10.7 Å². The number of rotatable bonds is 6. The largest absolute Gasteiger partial charge is 0.470 e. The highest BCUT2D eigenvalue weighted by Crippen LogP contribution is 2.32. The summed E-state index contributed by atoms with van der Waals surface area (Å²) in [5.74, 6) is 0.178. The summed E-state index contributed by atoms with van der Waals surface area (Å²) in [4.78, 5) is 12.0. The van der Waals surface area contributed by atoms with Crippen LogP contribution in [0.2, 0.25) is 0 Å². The Morgan fingerprint density at radius 3 is 2.86 bits per heavy atom. The van der Waals surface area contributed by atoms with Gasteiger partial charge in [0.1, 0.15) is 12.4 Å². The van der Waals surface area contributed by atoms with Crippen molar-refractivity contribution in [2.45, 2.75) is 0 Å². The molecule has 0 amide bonds. The van der Waals surface area contributed by atoms with E-state index in [1.165, 1.54) is 12.1 Å². The van der Waals surface area contributed by atoms with E-state index in [9.17, 15) is 4.39 Å². The molecule has 0 radical (unpaired) electrons. The molecule has 0 bridgehead atoms. The van der Waals surface area contributed by atoms with Crippen molar-refractivity contribution < 1.29 is 9.13 Å². The van der Waals surface area contributed by atoms with Crippen molar-refractivity contribution in [3.8, 4) is 11.3 Å². The molecule has 1 aliphatic heterocycles. The van der Waals surface area contributed by atoms with E-state index < -0.39 is 0 Å². The van der Waals surface area contributed by atoms with Crippen molar-refractivity contribution in [3.05, 3.63) is 71.1 Å². The number of hydrogen-bond acceptors (Lipinski definition) is 5. The zero-order valence-corrected chi connectivity index (χ0v) is 16.4. The number of likely N-dealkylation sites (N-methyl/N-ethyl adjacent to an activating group) is 1. The fourth-order valence-corrected chi connectivity index (χ4v) is 3.55. The molecule has 7 heteroatoms. The van der Waals surface area contributed by atoms with Crippen molar-refractivity contribution in [1.29, 1.82) is 0 Å². The molecule has 3 aromatic rings. The Balaban J connectivity index is 1.72. The van der Waals surface area contributed by atoms with E-state index in [0.29, 0.717) is 12.5 Å². The number of ether oxygens (including phenoxy) is 1. The Morgan fingerprint density at radius 1 is 1.25 bits per heavy atom. The van der Waals surface area contributed by atoms with Gasteiger partial charge in [-0.2, -0.15) is 0 Å². The molecule has 0 fully saturated rings. The van der Waals surface area contributed by atoms with Gasteiger partial charge in [-0.25, -0.2) is 14.4 Å². The molecule has 28 heavy (non-hydrogen) atoms. The quantitative estimate of drug-likeness (QED) is 0.587. The van der Waals surface area contributed by atoms with Crippen LogP contribution in [0.25, 0.3) is 21.8 Å². The number of allylic oxidation sites excluding steroid dienone is 3. The highest BCUT2D eigenvalue weighted by molar-refractivity contribution is 7.15. The van der Waals surface area contributed by atoms with Crippen molar-refractivity contribution >= 4 is 28.1 Å². The van der Waals surface area contributed by atoms with Gasteiger partial charge in [-0.15, -0.1) is 11.3 Å². The van der Waals surface area contributed by atoms with Crippen LogP contribution in [-0.2, 0) is 4.74 Å². The molecule has 2 aromatic heterocycles. The lowest BCUT2D eigenvalue weighted by atomic mass is 10.0. The average molecular weight is 394 g/mol. The minimum atomic E-state index is -0.269. The van der Waals surface area contributed by atoms with E-state index in [-0.39, 0.29) is 5.82 Å². The molecule has 0 saturated heterocycles. The van der Waals surface area contributed by atoms with Crippen LogP contribution in [0, 0.1) is 5.82 Å². The minimum absolute atomic E-state index is 0.269. The summed E-state index contributed by atoms with van der Waals surface area (Å²) in [6, 6.07) is 6.38. The molecule has 0 N–H and O–H groups in total. The number of hydrogen-bond donors (Lipinski definition) is 0. The molecule has 0 atom stereocenters. The monoisotopic (exact) mass is 394 g/mol. The summed E-state index contributed by atoms with van der Waals surface area (Å²) in [5, 5.41) is 1.99. The third-order valence-electron chi connectivity index (χ3n) is 4.23. The first-order chi connectivity index (χ1) is 13.6. The van der Waals surface area contributed by atoms with Crippen LogP contribution >= 0.6 is 11.3 Å². The van der Waals surface area contributed by atoms with Crippen LogP contribution in [0.1, 0.15) is 5.69 Å². The Labute approximate surface area is 166 Å². The Morgan fingerprint density at radius 2 is 2.07 bits per heavy atom. The van der Waals surface area contributed by atoms with Crippen LogP contribution in [0.15, 0.2) is 64.6 Å². The van der Waals surface area contributed by atoms with Crippen molar-refractivity contribution in [3.63, 3.8) is 0 Å². The maximum absolute atomic E-state index is 13.4. The number of fused-ring (bicyclic) bond motifs is 1. The Bertz CT molecular complexity index is 1120. The van der Waals surface area contributed by atoms with Crippen LogP contribution in [-0.4, -0.2) is 47.7 Å². The molecule has 0 aliphatic carbocycles. The number of thiazole rings is 1. The predicted octanol–water partition coefficient (Wildman–Crippen LogP) is 4.24. The minimum Gasteiger partial charge on any atom is -0.470 e. The second-order valence-electron chi connectivity index (χ2n) is 6.52. The first-order valence-electron chi connectivity index (χ1n) is 8.82. The summed E-state index contributed by atoms with van der Waals surface area (Å²) in [6.07, 6.45) is 7.44. The molecule has 0 unspecified atom stereocenters. The predicted molar refractivity (Wildman–Crippen MR) is 111 cm³/mol. The number of aliphatic imine (C=N–C) groups is 1. The van der Waals surface area contributed by atoms with Crippen molar-refractivity contribution in [2.24, 2.45) is 4.99 Å². The first-order valence-corrected chi connectivity index (χ1v) is 9.70. The number of imidazole rings is 1. The van der Waals surface area contributed by atoms with Gasteiger partial charge in [0.25, 0.3) is 5.88 Å². The van der Waals surface area contributed by atoms with Gasteiger partial charge in [0.05, 0.1) is 11.4 Å². The average Bonchev–Trinajstić information content (AvgIpc) is 3.18. The van der Waals surface area contributed by atoms with Gasteiger partial charge < -0.3 is 9.64 Å². The molecular formula is C21H19FN4OS. The summed E-state index contributed by atoms with van der Waals surface area (Å²) >= 11 is 1.55. The third-order valence-corrected chi connectivity index (χ3v) is 4.98. The van der Waals surface area contributed by atoms with E-state index in [4.69, 9.17) is 9.72 Å². The summed E-state index contributed by atoms with van der Waals surface area (Å²) < 4.78 is 21.1. The zero-order valence-electron chi connectivity index (χ0n) is 15.6. The maximum Gasteiger partial charge on any atom is 0.260 e. The van der Waals surface area contributed by atoms with Crippen LogP contribution in [0.5, 0.6) is 0 Å². The van der Waals surface area contributed by atoms with Gasteiger partial charge in [-0.05, 0) is 50.5 Å². The van der Waals surface area contributed by atoms with Gasteiger partial charge >= 0.3 is 0 Å². The summed E-state index contributed by atoms with van der Waals surface area (Å²) in [5.41, 5.74) is 6.59. The highest BCUT2D eigenvalue weighted by Gasteiger charge is 2.18. The molecule has 0 spiro atoms. The summed E-state index contributed by atoms with van der Waals surface area (Å²) in [6.45, 7) is 1.34. The molecule has 0 saturated carbocycles. The van der Waals surface area contributed by atoms with Gasteiger partial charge in [-0.3, -0.25) is 4.40 Å². The third kappa shape index (κ3) is 3.82. The molecule has 142 valence electrons. The fourth-order valence-electron chi connectivity index (χ4n) is 2.83. The number of aromatic nitrogens is 2. The van der Waals surface area contributed by atoms with Crippen LogP contribution in [0.4, 0.5) is 4.39 Å². The van der Waals surface area contributed by atoms with Gasteiger partial charge in [0, 0.05) is 35.5 Å². The van der Waals surface area contributed by atoms with Crippen molar-refractivity contribution in [2.75, 3.05) is 27.2 Å². The van der Waals surface area contributed by atoms with E-state index in [0.717, 1.165) is 34.0 Å². The first kappa shape index (κ1) is 18.4. The molecular weight excluding hydrogens is 375 g/mol. The second-order valence-corrected chi connectivity index (χ2v) is 7.39. The highest BCUT2D eigenvalue weighted by atomic mass is 32.1.